The first-order valence-corrected chi connectivity index (χ1v) is 7.33. The topological polar surface area (TPSA) is 0 Å². The van der Waals surface area contributed by atoms with Crippen molar-refractivity contribution in [3.8, 4) is 0 Å². The molecule has 1 unspecified atom stereocenters. The smallest absolute Gasteiger partial charge is 0.600 e. The number of thiophene rings is 1. The second-order valence-corrected chi connectivity index (χ2v) is 6.90. The Labute approximate surface area is 123 Å². The Balaban J connectivity index is 0.00000133. The molecule has 3 rings (SSSR count). The van der Waals surface area contributed by atoms with Gasteiger partial charge in [0.05, 0.1) is 10.5 Å². The SMILES string of the molecule is Cc1cccc2c1cc(C1CCC1)[s+]2C(F)(F)F.[Br-]. The molecule has 0 amide bonds. The van der Waals surface area contributed by atoms with E-state index < -0.39 is 16.0 Å². The molecule has 2 aromatic rings. The Morgan fingerprint density at radius 3 is 2.42 bits per heavy atom. The first kappa shape index (κ1) is 14.9. The van der Waals surface area contributed by atoms with Gasteiger partial charge in [-0.3, -0.25) is 0 Å². The van der Waals surface area contributed by atoms with Gasteiger partial charge in [-0.15, -0.1) is 13.2 Å². The highest BCUT2D eigenvalue weighted by Gasteiger charge is 2.50. The highest BCUT2D eigenvalue weighted by molar-refractivity contribution is 7.38. The van der Waals surface area contributed by atoms with Crippen molar-refractivity contribution in [2.75, 3.05) is 0 Å². The van der Waals surface area contributed by atoms with Gasteiger partial charge in [-0.05, 0) is 31.4 Å². The summed E-state index contributed by atoms with van der Waals surface area (Å²) in [7, 11) is -1.69. The lowest BCUT2D eigenvalue weighted by molar-refractivity contribution is -0.0868. The normalized spacial score (nSPS) is 17.2. The van der Waals surface area contributed by atoms with Crippen molar-refractivity contribution < 1.29 is 30.2 Å². The zero-order chi connectivity index (χ0) is 12.9. The zero-order valence-corrected chi connectivity index (χ0v) is 12.8. The minimum Gasteiger partial charge on any atom is -1.00 e. The van der Waals surface area contributed by atoms with Crippen LogP contribution >= 0.6 is 10.5 Å². The number of benzene rings is 1. The van der Waals surface area contributed by atoms with Gasteiger partial charge in [-0.25, -0.2) is 0 Å². The molecule has 0 aliphatic heterocycles. The Hall–Kier alpha value is -0.550. The van der Waals surface area contributed by atoms with Crippen molar-refractivity contribution in [1.82, 2.24) is 0 Å². The lowest BCUT2D eigenvalue weighted by atomic mass is 9.84. The summed E-state index contributed by atoms with van der Waals surface area (Å²) in [6.45, 7) is 1.89. The molecule has 5 heteroatoms. The summed E-state index contributed by atoms with van der Waals surface area (Å²) in [5.41, 5.74) is -3.19. The summed E-state index contributed by atoms with van der Waals surface area (Å²) in [5.74, 6) is 0.154. The van der Waals surface area contributed by atoms with Crippen LogP contribution in [0, 0.1) is 6.92 Å². The van der Waals surface area contributed by atoms with Gasteiger partial charge in [0.25, 0.3) is 0 Å². The second kappa shape index (κ2) is 5.09. The van der Waals surface area contributed by atoms with Crippen LogP contribution in [0.15, 0.2) is 24.3 Å². The van der Waals surface area contributed by atoms with E-state index in [4.69, 9.17) is 0 Å². The van der Waals surface area contributed by atoms with Crippen LogP contribution in [0.25, 0.3) is 10.1 Å². The van der Waals surface area contributed by atoms with Crippen molar-refractivity contribution in [1.29, 1.82) is 0 Å². The summed E-state index contributed by atoms with van der Waals surface area (Å²) in [6, 6.07) is 7.07. The van der Waals surface area contributed by atoms with E-state index in [1.54, 1.807) is 12.1 Å². The maximum atomic E-state index is 13.3. The van der Waals surface area contributed by atoms with Crippen molar-refractivity contribution >= 4 is 20.6 Å². The predicted octanol–water partition coefficient (Wildman–Crippen LogP) is 2.65. The van der Waals surface area contributed by atoms with Crippen molar-refractivity contribution in [2.45, 2.75) is 37.6 Å². The molecule has 1 aliphatic carbocycles. The second-order valence-electron chi connectivity index (χ2n) is 4.91. The number of fused-ring (bicyclic) bond motifs is 1. The van der Waals surface area contributed by atoms with Crippen molar-refractivity contribution in [2.24, 2.45) is 0 Å². The highest BCUT2D eigenvalue weighted by atomic mass is 79.9. The van der Waals surface area contributed by atoms with E-state index >= 15 is 0 Å². The molecular formula is C14H14BrF3S. The quantitative estimate of drug-likeness (QED) is 0.693. The van der Waals surface area contributed by atoms with E-state index in [2.05, 4.69) is 0 Å². The maximum absolute atomic E-state index is 13.3. The lowest BCUT2D eigenvalue weighted by Gasteiger charge is -2.21. The van der Waals surface area contributed by atoms with Crippen molar-refractivity contribution in [3.05, 3.63) is 34.7 Å². The average Bonchev–Trinajstić information content (AvgIpc) is 2.54. The molecule has 0 nitrogen and oxygen atoms in total. The first-order chi connectivity index (χ1) is 8.48. The fraction of sp³-hybridized carbons (Fsp3) is 0.429. The molecule has 0 saturated heterocycles. The third-order valence-electron chi connectivity index (χ3n) is 3.77. The predicted molar refractivity (Wildman–Crippen MR) is 69.1 cm³/mol. The van der Waals surface area contributed by atoms with E-state index in [1.165, 1.54) is 0 Å². The molecule has 0 radical (unpaired) electrons. The standard InChI is InChI=1S/C14H14F3S.BrH/c1-9-4-2-7-12-11(9)8-13(10-5-3-6-10)18(12)14(15,16)17;/h2,4,7-8,10H,3,5-6H2,1H3;1H/q+1;/p-1. The van der Waals surface area contributed by atoms with Crippen molar-refractivity contribution in [3.63, 3.8) is 0 Å². The van der Waals surface area contributed by atoms with Gasteiger partial charge in [0.1, 0.15) is 0 Å². The fourth-order valence-electron chi connectivity index (χ4n) is 2.58. The van der Waals surface area contributed by atoms with Gasteiger partial charge < -0.3 is 17.0 Å². The number of rotatable bonds is 1. The van der Waals surface area contributed by atoms with E-state index in [0.717, 1.165) is 30.2 Å². The number of hydrogen-bond donors (Lipinski definition) is 0. The Kier molecular flexibility index (Phi) is 3.98. The van der Waals surface area contributed by atoms with Gasteiger partial charge in [0, 0.05) is 17.4 Å². The molecule has 1 heterocycles. The van der Waals surface area contributed by atoms with E-state index in [-0.39, 0.29) is 22.9 Å². The van der Waals surface area contributed by atoms with Crippen LogP contribution in [0.1, 0.15) is 35.6 Å². The minimum atomic E-state index is -4.14. The zero-order valence-electron chi connectivity index (χ0n) is 10.4. The number of alkyl halides is 3. The molecule has 1 aromatic heterocycles. The molecule has 0 spiro atoms. The summed E-state index contributed by atoms with van der Waals surface area (Å²) in [5, 5.41) is 0.806. The molecule has 104 valence electrons. The minimum absolute atomic E-state index is 0. The number of halogens is 4. The molecule has 1 aromatic carbocycles. The van der Waals surface area contributed by atoms with E-state index in [1.807, 2.05) is 19.1 Å². The highest BCUT2D eigenvalue weighted by Crippen LogP contribution is 2.56. The Bertz CT molecular complexity index is 596. The number of hydrogen-bond acceptors (Lipinski definition) is 0. The Morgan fingerprint density at radius 2 is 1.89 bits per heavy atom. The monoisotopic (exact) mass is 350 g/mol. The first-order valence-electron chi connectivity index (χ1n) is 6.11. The number of aryl methyl sites for hydroxylation is 1. The third-order valence-corrected chi connectivity index (χ3v) is 5.95. The molecule has 0 bridgehead atoms. The van der Waals surface area contributed by atoms with Gasteiger partial charge in [-0.2, -0.15) is 0 Å². The van der Waals surface area contributed by atoms with Crippen LogP contribution in [-0.2, 0) is 5.51 Å². The van der Waals surface area contributed by atoms with Crippen LogP contribution < -0.4 is 17.0 Å². The summed E-state index contributed by atoms with van der Waals surface area (Å²) >= 11 is 0. The van der Waals surface area contributed by atoms with Gasteiger partial charge >= 0.3 is 5.51 Å². The molecule has 19 heavy (non-hydrogen) atoms. The lowest BCUT2D eigenvalue weighted by Crippen LogP contribution is -3.00. The van der Waals surface area contributed by atoms with E-state index in [0.29, 0.717) is 9.58 Å². The average molecular weight is 351 g/mol. The van der Waals surface area contributed by atoms with Gasteiger partial charge in [0.2, 0.25) is 0 Å². The van der Waals surface area contributed by atoms with Crippen LogP contribution in [0.4, 0.5) is 13.2 Å². The molecule has 1 atom stereocenters. The van der Waals surface area contributed by atoms with Crippen LogP contribution in [0.5, 0.6) is 0 Å². The fourth-order valence-corrected chi connectivity index (χ4v) is 4.81. The molecule has 0 N–H and O–H groups in total. The van der Waals surface area contributed by atoms with Gasteiger partial charge in [0.15, 0.2) is 9.58 Å². The molecule has 1 aliphatic rings. The summed E-state index contributed by atoms with van der Waals surface area (Å²) in [4.78, 5) is 0.623. The molecular weight excluding hydrogens is 337 g/mol. The van der Waals surface area contributed by atoms with Gasteiger partial charge in [-0.1, -0.05) is 18.6 Å². The molecule has 1 saturated carbocycles. The van der Waals surface area contributed by atoms with Crippen LogP contribution in [0.2, 0.25) is 0 Å². The van der Waals surface area contributed by atoms with E-state index in [9.17, 15) is 13.2 Å². The Morgan fingerprint density at radius 1 is 1.21 bits per heavy atom. The van der Waals surface area contributed by atoms with Crippen LogP contribution in [0.3, 0.4) is 0 Å². The maximum Gasteiger partial charge on any atom is 0.600 e. The van der Waals surface area contributed by atoms with Crippen LogP contribution in [-0.4, -0.2) is 0 Å². The summed E-state index contributed by atoms with van der Waals surface area (Å²) in [6.07, 6.45) is 2.89. The third kappa shape index (κ3) is 2.42. The summed E-state index contributed by atoms with van der Waals surface area (Å²) < 4.78 is 40.4. The largest absolute Gasteiger partial charge is 1.00 e. The molecule has 1 fully saturated rings.